The Balaban J connectivity index is 0.579. The second-order valence-corrected chi connectivity index (χ2v) is 23.1. The molecule has 3 saturated heterocycles. The smallest absolute Gasteiger partial charge is 0.246 e. The molecule has 0 saturated carbocycles. The largest absolute Gasteiger partial charge is 0.391 e. The summed E-state index contributed by atoms with van der Waals surface area (Å²) < 4.78 is 44.1. The summed E-state index contributed by atoms with van der Waals surface area (Å²) in [5, 5.41) is 21.4. The minimum atomic E-state index is -0.937. The SMILES string of the molecule is Cc1ncsc1-c1ccc(CNC(=O)[C@@H]2C[C@@H](O)CN2C(=O)[C@@H](NC(=O)CCOCCOCCOCCOCCOCCC(=O)N2CCN(c3cccc(-c4cnc5ccc(N6CCCC6c6cccc(F)c6)nn45)n3)CC2)C(C)(C)C)cc1. The number of anilines is 2. The maximum absolute atomic E-state index is 14.1. The lowest BCUT2D eigenvalue weighted by molar-refractivity contribution is -0.144. The number of carbonyl (C=O) groups excluding carboxylic acids is 4. The van der Waals surface area contributed by atoms with Crippen molar-refractivity contribution in [1.82, 2.24) is 45.0 Å². The number of nitrogens with one attached hydrogen (secondary N) is 2. The zero-order valence-corrected chi connectivity index (χ0v) is 49.3. The van der Waals surface area contributed by atoms with Gasteiger partial charge < -0.3 is 59.0 Å². The van der Waals surface area contributed by atoms with Gasteiger partial charge in [-0.05, 0) is 78.3 Å². The van der Waals surface area contributed by atoms with E-state index >= 15 is 0 Å². The summed E-state index contributed by atoms with van der Waals surface area (Å²) >= 11 is 1.57. The first-order valence-electron chi connectivity index (χ1n) is 29.0. The van der Waals surface area contributed by atoms with Crippen LogP contribution in [-0.2, 0) is 49.4 Å². The summed E-state index contributed by atoms with van der Waals surface area (Å²) in [6.07, 6.45) is 3.23. The first-order chi connectivity index (χ1) is 40.7. The number of aryl methyl sites for hydroxylation is 1. The molecule has 23 heteroatoms. The van der Waals surface area contributed by atoms with Gasteiger partial charge in [0.1, 0.15) is 35.2 Å². The van der Waals surface area contributed by atoms with E-state index in [9.17, 15) is 28.7 Å². The molecule has 2 aromatic carbocycles. The number of piperazine rings is 1. The fourth-order valence-corrected chi connectivity index (χ4v) is 11.5. The molecule has 4 amide bonds. The summed E-state index contributed by atoms with van der Waals surface area (Å²) in [4.78, 5) is 76.2. The van der Waals surface area contributed by atoms with Crippen molar-refractivity contribution >= 4 is 52.2 Å². The molecule has 21 nitrogen and oxygen atoms in total. The van der Waals surface area contributed by atoms with Crippen molar-refractivity contribution in [1.29, 1.82) is 0 Å². The van der Waals surface area contributed by atoms with Gasteiger partial charge in [0.25, 0.3) is 0 Å². The number of rotatable bonds is 28. The average molecular weight is 1180 g/mol. The quantitative estimate of drug-likeness (QED) is 0.0477. The number of imidazole rings is 1. The summed E-state index contributed by atoms with van der Waals surface area (Å²) in [7, 11) is 0. The number of halogens is 1. The molecule has 3 N–H and O–H groups in total. The monoisotopic (exact) mass is 1180 g/mol. The summed E-state index contributed by atoms with van der Waals surface area (Å²) in [6.45, 7) is 14.2. The Bertz CT molecular complexity index is 3130. The molecule has 0 bridgehead atoms. The number of β-amino-alcohol motifs (C(OH)–C–C–N with tert-alkyl or cyclic N) is 1. The number of hydrogen-bond donors (Lipinski definition) is 3. The van der Waals surface area contributed by atoms with Crippen LogP contribution in [0.3, 0.4) is 0 Å². The number of aromatic nitrogens is 5. The lowest BCUT2D eigenvalue weighted by Crippen LogP contribution is -2.57. The lowest BCUT2D eigenvalue weighted by atomic mass is 9.85. The third-order valence-electron chi connectivity index (χ3n) is 15.2. The molecule has 3 aliphatic heterocycles. The second kappa shape index (κ2) is 29.7. The maximum atomic E-state index is 14.1. The molecule has 450 valence electrons. The standard InChI is InChI=1S/C61H78FN11O10S/c1-42-57(84-41-65-42)44-15-13-43(14-16-44)38-64-59(77)50-37-47(74)40-72(50)60(78)58(61(2,3)4)67-55(75)19-26-79-28-30-81-32-34-83-35-33-82-31-29-80-27-20-56(76)70-24-22-69(23-25-70)53-12-6-10-48(66-53)51-39-63-52-17-18-54(68-73(51)52)71-21-7-11-49(71)45-8-5-9-46(62)36-45/h5-6,8-10,12-18,36,39,41,47,49-50,58,74H,7,11,19-35,37-38,40H2,1-4H3,(H,64,77)(H,67,75)/t47-,49?,50+,58-/m1/s1. The van der Waals surface area contributed by atoms with Gasteiger partial charge in [-0.2, -0.15) is 0 Å². The predicted molar refractivity (Wildman–Crippen MR) is 316 cm³/mol. The predicted octanol–water partition coefficient (Wildman–Crippen LogP) is 6.02. The molecular formula is C61H78FN11O10S. The van der Waals surface area contributed by atoms with Crippen LogP contribution in [0.25, 0.3) is 27.5 Å². The highest BCUT2D eigenvalue weighted by molar-refractivity contribution is 7.13. The first kappa shape index (κ1) is 61.6. The number of carbonyl (C=O) groups is 4. The number of fused-ring (bicyclic) bond motifs is 1. The highest BCUT2D eigenvalue weighted by atomic mass is 32.1. The number of ether oxygens (including phenoxy) is 5. The molecule has 0 aliphatic carbocycles. The average Bonchev–Trinajstić information content (AvgIpc) is 4.17. The maximum Gasteiger partial charge on any atom is 0.246 e. The van der Waals surface area contributed by atoms with Crippen molar-refractivity contribution in [3.8, 4) is 21.8 Å². The molecule has 3 fully saturated rings. The number of hydrogen-bond acceptors (Lipinski definition) is 17. The number of amides is 4. The zero-order chi connectivity index (χ0) is 59.0. The minimum absolute atomic E-state index is 0.0110. The van der Waals surface area contributed by atoms with Crippen LogP contribution >= 0.6 is 11.3 Å². The van der Waals surface area contributed by atoms with Gasteiger partial charge in [0.05, 0.1) is 113 Å². The fraction of sp³-hybridized carbons (Fsp3) is 0.508. The van der Waals surface area contributed by atoms with Crippen LogP contribution < -0.4 is 20.4 Å². The normalized spacial score (nSPS) is 17.8. The van der Waals surface area contributed by atoms with E-state index in [1.165, 1.54) is 11.0 Å². The number of nitrogens with zero attached hydrogens (tertiary/aromatic N) is 9. The van der Waals surface area contributed by atoms with Crippen molar-refractivity contribution in [3.05, 3.63) is 113 Å². The number of aliphatic hydroxyl groups excluding tert-OH is 1. The Morgan fingerprint density at radius 2 is 1.46 bits per heavy atom. The molecule has 9 rings (SSSR count). The summed E-state index contributed by atoms with van der Waals surface area (Å²) in [5.41, 5.74) is 7.19. The van der Waals surface area contributed by atoms with E-state index in [0.717, 1.165) is 69.7 Å². The van der Waals surface area contributed by atoms with Crippen molar-refractivity contribution < 1.29 is 52.4 Å². The van der Waals surface area contributed by atoms with Crippen LogP contribution in [0.4, 0.5) is 16.0 Å². The zero-order valence-electron chi connectivity index (χ0n) is 48.5. The van der Waals surface area contributed by atoms with Crippen LogP contribution in [-0.4, -0.2) is 187 Å². The highest BCUT2D eigenvalue weighted by Gasteiger charge is 2.44. The third-order valence-corrected chi connectivity index (χ3v) is 16.2. The molecule has 3 aliphatic rings. The molecular weight excluding hydrogens is 1100 g/mol. The van der Waals surface area contributed by atoms with Gasteiger partial charge in [-0.25, -0.2) is 23.9 Å². The van der Waals surface area contributed by atoms with E-state index in [0.29, 0.717) is 84.7 Å². The first-order valence-corrected chi connectivity index (χ1v) is 29.9. The number of likely N-dealkylation sites (tertiary alicyclic amines) is 1. The van der Waals surface area contributed by atoms with Gasteiger partial charge in [-0.3, -0.25) is 19.2 Å². The summed E-state index contributed by atoms with van der Waals surface area (Å²) in [6, 6.07) is 22.7. The van der Waals surface area contributed by atoms with E-state index in [4.69, 9.17) is 33.8 Å². The molecule has 7 heterocycles. The van der Waals surface area contributed by atoms with Crippen LogP contribution in [0, 0.1) is 18.2 Å². The van der Waals surface area contributed by atoms with E-state index in [1.54, 1.807) is 29.7 Å². The number of thiazole rings is 1. The third kappa shape index (κ3) is 16.5. The van der Waals surface area contributed by atoms with Crippen LogP contribution in [0.1, 0.15) is 75.7 Å². The Labute approximate surface area is 493 Å². The van der Waals surface area contributed by atoms with Crippen molar-refractivity contribution in [2.75, 3.05) is 115 Å². The molecule has 4 aromatic heterocycles. The van der Waals surface area contributed by atoms with E-state index in [1.807, 2.05) is 103 Å². The number of aliphatic hydroxyl groups is 1. The van der Waals surface area contributed by atoms with Gasteiger partial charge >= 0.3 is 0 Å². The van der Waals surface area contributed by atoms with Gasteiger partial charge in [0, 0.05) is 58.7 Å². The second-order valence-electron chi connectivity index (χ2n) is 22.3. The van der Waals surface area contributed by atoms with Crippen molar-refractivity contribution in [2.45, 2.75) is 90.6 Å². The van der Waals surface area contributed by atoms with E-state index in [2.05, 4.69) is 30.4 Å². The molecule has 84 heavy (non-hydrogen) atoms. The molecule has 0 radical (unpaired) electrons. The molecule has 4 atom stereocenters. The molecule has 1 unspecified atom stereocenters. The number of pyridine rings is 1. The Morgan fingerprint density at radius 1 is 0.786 bits per heavy atom. The van der Waals surface area contributed by atoms with Crippen LogP contribution in [0.2, 0.25) is 0 Å². The number of benzene rings is 2. The highest BCUT2D eigenvalue weighted by Crippen LogP contribution is 2.36. The minimum Gasteiger partial charge on any atom is -0.391 e. The summed E-state index contributed by atoms with van der Waals surface area (Å²) in [5.74, 6) is 0.262. The Morgan fingerprint density at radius 3 is 2.13 bits per heavy atom. The van der Waals surface area contributed by atoms with Gasteiger partial charge in [-0.1, -0.05) is 63.2 Å². The van der Waals surface area contributed by atoms with Gasteiger partial charge in [-0.15, -0.1) is 16.4 Å². The molecule has 6 aromatic rings. The van der Waals surface area contributed by atoms with Crippen molar-refractivity contribution in [2.24, 2.45) is 5.41 Å². The Kier molecular flexibility index (Phi) is 21.8. The fourth-order valence-electron chi connectivity index (χ4n) is 10.7. The lowest BCUT2D eigenvalue weighted by Gasteiger charge is -2.35. The topological polar surface area (TPSA) is 228 Å². The van der Waals surface area contributed by atoms with E-state index in [-0.39, 0.29) is 75.1 Å². The molecule has 0 spiro atoms. The van der Waals surface area contributed by atoms with Crippen molar-refractivity contribution in [3.63, 3.8) is 0 Å². The van der Waals surface area contributed by atoms with Gasteiger partial charge in [0.2, 0.25) is 23.6 Å². The van der Waals surface area contributed by atoms with Crippen LogP contribution in [0.15, 0.2) is 90.6 Å². The Hall–Kier alpha value is -6.99. The van der Waals surface area contributed by atoms with Gasteiger partial charge in [0.15, 0.2) is 5.65 Å². The van der Waals surface area contributed by atoms with Crippen LogP contribution in [0.5, 0.6) is 0 Å². The van der Waals surface area contributed by atoms with E-state index < -0.39 is 29.5 Å².